The quantitative estimate of drug-likeness (QED) is 0.714. The van der Waals surface area contributed by atoms with E-state index in [1.807, 2.05) is 57.2 Å². The van der Waals surface area contributed by atoms with Gasteiger partial charge in [-0.3, -0.25) is 9.59 Å². The third-order valence-corrected chi connectivity index (χ3v) is 5.79. The van der Waals surface area contributed by atoms with Crippen molar-refractivity contribution in [2.24, 2.45) is 5.92 Å². The van der Waals surface area contributed by atoms with Crippen LogP contribution in [-0.2, 0) is 4.79 Å². The Hall–Kier alpha value is -3.22. The molecule has 1 heterocycles. The number of amides is 2. The summed E-state index contributed by atoms with van der Waals surface area (Å²) < 4.78 is 16.5. The van der Waals surface area contributed by atoms with Gasteiger partial charge in [0.25, 0.3) is 5.91 Å². The third kappa shape index (κ3) is 4.82. The molecule has 1 aliphatic rings. The zero-order chi connectivity index (χ0) is 23.4. The fourth-order valence-electron chi connectivity index (χ4n) is 4.16. The number of carbonyl (C=O) groups is 2. The Morgan fingerprint density at radius 3 is 2.06 bits per heavy atom. The van der Waals surface area contributed by atoms with Gasteiger partial charge in [0.2, 0.25) is 11.7 Å². The van der Waals surface area contributed by atoms with Crippen molar-refractivity contribution < 1.29 is 23.8 Å². The summed E-state index contributed by atoms with van der Waals surface area (Å²) in [5.41, 5.74) is 2.57. The molecule has 7 heteroatoms. The number of hydrogen-bond donors (Lipinski definition) is 1. The summed E-state index contributed by atoms with van der Waals surface area (Å²) >= 11 is 0. The summed E-state index contributed by atoms with van der Waals surface area (Å²) in [5, 5.41) is 3.01. The fourth-order valence-corrected chi connectivity index (χ4v) is 4.16. The first kappa shape index (κ1) is 23.4. The number of benzene rings is 2. The second-order valence-corrected chi connectivity index (χ2v) is 8.41. The van der Waals surface area contributed by atoms with E-state index in [0.29, 0.717) is 35.9 Å². The summed E-state index contributed by atoms with van der Waals surface area (Å²) in [6, 6.07) is 11.2. The maximum absolute atomic E-state index is 13.2. The summed E-state index contributed by atoms with van der Waals surface area (Å²) in [4.78, 5) is 28.0. The highest BCUT2D eigenvalue weighted by molar-refractivity contribution is 5.95. The zero-order valence-electron chi connectivity index (χ0n) is 19.6. The van der Waals surface area contributed by atoms with Crippen LogP contribution in [0.3, 0.4) is 0 Å². The Kier molecular flexibility index (Phi) is 7.28. The molecule has 172 valence electrons. The number of ether oxygens (including phenoxy) is 3. The van der Waals surface area contributed by atoms with Crippen LogP contribution < -0.4 is 19.5 Å². The number of methoxy groups -OCH3 is 3. The lowest BCUT2D eigenvalue weighted by molar-refractivity contribution is -0.125. The second-order valence-electron chi connectivity index (χ2n) is 8.41. The number of likely N-dealkylation sites (tertiary alicyclic amines) is 1. The smallest absolute Gasteiger partial charge is 0.253 e. The molecule has 0 aliphatic carbocycles. The van der Waals surface area contributed by atoms with Crippen molar-refractivity contribution in [3.8, 4) is 17.2 Å². The van der Waals surface area contributed by atoms with Crippen molar-refractivity contribution in [1.29, 1.82) is 0 Å². The van der Waals surface area contributed by atoms with Gasteiger partial charge < -0.3 is 24.4 Å². The van der Waals surface area contributed by atoms with Crippen molar-refractivity contribution >= 4 is 11.8 Å². The Bertz CT molecular complexity index is 946. The van der Waals surface area contributed by atoms with E-state index in [4.69, 9.17) is 14.2 Å². The van der Waals surface area contributed by atoms with E-state index in [-0.39, 0.29) is 23.8 Å². The minimum atomic E-state index is -0.394. The maximum Gasteiger partial charge on any atom is 0.253 e. The van der Waals surface area contributed by atoms with Crippen molar-refractivity contribution in [3.63, 3.8) is 0 Å². The molecule has 7 nitrogen and oxygen atoms in total. The average Bonchev–Trinajstić information content (AvgIpc) is 3.23. The molecule has 0 aromatic heterocycles. The molecule has 0 saturated carbocycles. The largest absolute Gasteiger partial charge is 0.493 e. The first-order valence-corrected chi connectivity index (χ1v) is 10.7. The van der Waals surface area contributed by atoms with Crippen LogP contribution in [0.15, 0.2) is 36.4 Å². The number of carbonyl (C=O) groups excluding carboxylic acids is 2. The normalized spacial score (nSPS) is 17.9. The molecule has 1 fully saturated rings. The van der Waals surface area contributed by atoms with E-state index in [1.54, 1.807) is 26.2 Å². The molecule has 1 saturated heterocycles. The molecule has 32 heavy (non-hydrogen) atoms. The number of nitrogens with one attached hydrogen (secondary N) is 1. The summed E-state index contributed by atoms with van der Waals surface area (Å²) in [7, 11) is 4.67. The summed E-state index contributed by atoms with van der Waals surface area (Å²) in [6.07, 6.45) is 0. The highest BCUT2D eigenvalue weighted by Gasteiger charge is 2.41. The van der Waals surface area contributed by atoms with E-state index in [0.717, 1.165) is 11.1 Å². The van der Waals surface area contributed by atoms with Gasteiger partial charge in [-0.05, 0) is 50.6 Å². The molecule has 3 rings (SSSR count). The molecule has 2 amide bonds. The van der Waals surface area contributed by atoms with E-state index >= 15 is 0 Å². The topological polar surface area (TPSA) is 77.1 Å². The Morgan fingerprint density at radius 1 is 0.969 bits per heavy atom. The highest BCUT2D eigenvalue weighted by atomic mass is 16.5. The molecular formula is C25H32N2O5. The summed E-state index contributed by atoms with van der Waals surface area (Å²) in [6.45, 7) is 6.60. The predicted octanol–water partition coefficient (Wildman–Crippen LogP) is 3.40. The van der Waals surface area contributed by atoms with E-state index < -0.39 is 5.92 Å². The van der Waals surface area contributed by atoms with Gasteiger partial charge in [-0.1, -0.05) is 17.7 Å². The molecule has 0 spiro atoms. The Balaban J connectivity index is 1.98. The van der Waals surface area contributed by atoms with Crippen LogP contribution in [0.25, 0.3) is 0 Å². The van der Waals surface area contributed by atoms with Crippen LogP contribution in [0, 0.1) is 12.8 Å². The second kappa shape index (κ2) is 9.94. The molecule has 0 bridgehead atoms. The van der Waals surface area contributed by atoms with Gasteiger partial charge in [0.1, 0.15) is 0 Å². The maximum atomic E-state index is 13.2. The number of hydrogen-bond acceptors (Lipinski definition) is 5. The zero-order valence-corrected chi connectivity index (χ0v) is 19.6. The SMILES string of the molecule is COc1cc([C@@H]2CN(C(=O)c3ccc(C)cc3)C[C@@H]2C(=O)NC(C)C)cc(OC)c1OC. The average molecular weight is 441 g/mol. The van der Waals surface area contributed by atoms with Crippen molar-refractivity contribution in [2.75, 3.05) is 34.4 Å². The van der Waals surface area contributed by atoms with Crippen LogP contribution >= 0.6 is 0 Å². The highest BCUT2D eigenvalue weighted by Crippen LogP contribution is 2.43. The molecule has 1 aliphatic heterocycles. The first-order chi connectivity index (χ1) is 15.3. The van der Waals surface area contributed by atoms with Crippen molar-refractivity contribution in [3.05, 3.63) is 53.1 Å². The minimum absolute atomic E-state index is 0.00457. The van der Waals surface area contributed by atoms with Crippen LogP contribution in [-0.4, -0.2) is 57.2 Å². The lowest BCUT2D eigenvalue weighted by atomic mass is 9.87. The Labute approximate surface area is 189 Å². The van der Waals surface area contributed by atoms with Gasteiger partial charge in [0, 0.05) is 30.6 Å². The molecule has 2 atom stereocenters. The molecule has 2 aromatic rings. The fraction of sp³-hybridized carbons (Fsp3) is 0.440. The number of aryl methyl sites for hydroxylation is 1. The molecular weight excluding hydrogens is 408 g/mol. The van der Waals surface area contributed by atoms with Crippen LogP contribution in [0.4, 0.5) is 0 Å². The molecule has 0 unspecified atom stereocenters. The molecule has 2 aromatic carbocycles. The van der Waals surface area contributed by atoms with Crippen molar-refractivity contribution in [1.82, 2.24) is 10.2 Å². The first-order valence-electron chi connectivity index (χ1n) is 10.7. The van der Waals surface area contributed by atoms with E-state index in [2.05, 4.69) is 5.32 Å². The third-order valence-electron chi connectivity index (χ3n) is 5.79. The van der Waals surface area contributed by atoms with Crippen molar-refractivity contribution in [2.45, 2.75) is 32.7 Å². The van der Waals surface area contributed by atoms with Gasteiger partial charge in [0.05, 0.1) is 27.2 Å². The van der Waals surface area contributed by atoms with Crippen LogP contribution in [0.5, 0.6) is 17.2 Å². The molecule has 0 radical (unpaired) electrons. The number of rotatable bonds is 7. The predicted molar refractivity (Wildman–Crippen MR) is 123 cm³/mol. The standard InChI is InChI=1S/C25H32N2O5/c1-15(2)26-24(28)20-14-27(25(29)17-9-7-16(3)8-10-17)13-19(20)18-11-21(30-4)23(32-6)22(12-18)31-5/h7-12,15,19-20H,13-14H2,1-6H3,(H,26,28)/t19-,20-/m0/s1. The van der Waals surface area contributed by atoms with Gasteiger partial charge >= 0.3 is 0 Å². The van der Waals surface area contributed by atoms with Crippen LogP contribution in [0.1, 0.15) is 41.3 Å². The van der Waals surface area contributed by atoms with E-state index in [9.17, 15) is 9.59 Å². The Morgan fingerprint density at radius 2 is 1.56 bits per heavy atom. The minimum Gasteiger partial charge on any atom is -0.493 e. The summed E-state index contributed by atoms with van der Waals surface area (Å²) in [5.74, 6) is 0.778. The van der Waals surface area contributed by atoms with Gasteiger partial charge in [-0.2, -0.15) is 0 Å². The lowest BCUT2D eigenvalue weighted by Gasteiger charge is -2.21. The number of nitrogens with zero attached hydrogens (tertiary/aromatic N) is 1. The monoisotopic (exact) mass is 440 g/mol. The van der Waals surface area contributed by atoms with Gasteiger partial charge in [-0.25, -0.2) is 0 Å². The van der Waals surface area contributed by atoms with E-state index in [1.165, 1.54) is 0 Å². The molecule has 1 N–H and O–H groups in total. The van der Waals surface area contributed by atoms with Gasteiger partial charge in [-0.15, -0.1) is 0 Å². The lowest BCUT2D eigenvalue weighted by Crippen LogP contribution is -2.39. The van der Waals surface area contributed by atoms with Crippen LogP contribution in [0.2, 0.25) is 0 Å². The van der Waals surface area contributed by atoms with Gasteiger partial charge in [0.15, 0.2) is 11.5 Å².